The van der Waals surface area contributed by atoms with Crippen LogP contribution in [0.25, 0.3) is 0 Å². The largest absolute Gasteiger partial charge is 0.294 e. The summed E-state index contributed by atoms with van der Waals surface area (Å²) < 4.78 is 0. The van der Waals surface area contributed by atoms with E-state index in [0.29, 0.717) is 6.42 Å². The molecule has 0 unspecified atom stereocenters. The third-order valence-corrected chi connectivity index (χ3v) is 2.29. The molecule has 1 nitrogen and oxygen atoms in total. The van der Waals surface area contributed by atoms with Gasteiger partial charge in [-0.1, -0.05) is 6.07 Å². The fourth-order valence-corrected chi connectivity index (χ4v) is 1.63. The number of aryl methyl sites for hydroxylation is 1. The Labute approximate surface area is 70.8 Å². The summed E-state index contributed by atoms with van der Waals surface area (Å²) in [6.07, 6.45) is 1.58. The van der Waals surface area contributed by atoms with Crippen LogP contribution in [0.1, 0.15) is 22.3 Å². The van der Waals surface area contributed by atoms with Gasteiger partial charge in [-0.15, -0.1) is 12.6 Å². The summed E-state index contributed by atoms with van der Waals surface area (Å²) >= 11 is 4.17. The van der Waals surface area contributed by atoms with Gasteiger partial charge in [0.2, 0.25) is 0 Å². The second-order valence-corrected chi connectivity index (χ2v) is 3.28. The first-order valence-electron chi connectivity index (χ1n) is 3.62. The van der Waals surface area contributed by atoms with Gasteiger partial charge in [0.15, 0.2) is 5.78 Å². The molecule has 0 aromatic heterocycles. The van der Waals surface area contributed by atoms with Crippen molar-refractivity contribution in [1.82, 2.24) is 0 Å². The third kappa shape index (κ3) is 1.07. The Morgan fingerprint density at radius 3 is 2.91 bits per heavy atom. The van der Waals surface area contributed by atoms with Crippen molar-refractivity contribution in [2.45, 2.75) is 17.7 Å². The lowest BCUT2D eigenvalue weighted by Crippen LogP contribution is -1.90. The summed E-state index contributed by atoms with van der Waals surface area (Å²) in [5.74, 6) is 0.260. The Balaban J connectivity index is 2.60. The molecular formula is C9H8OS. The molecule has 1 aromatic carbocycles. The zero-order chi connectivity index (χ0) is 7.84. The smallest absolute Gasteiger partial charge is 0.163 e. The molecule has 0 radical (unpaired) electrons. The maximum atomic E-state index is 11.2. The van der Waals surface area contributed by atoms with Gasteiger partial charge in [0.25, 0.3) is 0 Å². The average Bonchev–Trinajstić information content (AvgIpc) is 2.33. The molecule has 0 heterocycles. The average molecular weight is 164 g/mol. The monoisotopic (exact) mass is 164 g/mol. The summed E-state index contributed by atoms with van der Waals surface area (Å²) in [5.41, 5.74) is 2.05. The third-order valence-electron chi connectivity index (χ3n) is 2.02. The topological polar surface area (TPSA) is 17.1 Å². The SMILES string of the molecule is O=C1CCc2ccc(S)cc21. The number of fused-ring (bicyclic) bond motifs is 1. The molecule has 0 N–H and O–H groups in total. The minimum absolute atomic E-state index is 0.260. The van der Waals surface area contributed by atoms with Gasteiger partial charge in [-0.05, 0) is 24.1 Å². The Morgan fingerprint density at radius 2 is 2.09 bits per heavy atom. The molecule has 1 aliphatic rings. The molecule has 1 aliphatic carbocycles. The van der Waals surface area contributed by atoms with Crippen LogP contribution in [0.2, 0.25) is 0 Å². The molecule has 0 amide bonds. The molecule has 0 atom stereocenters. The van der Waals surface area contributed by atoms with Gasteiger partial charge >= 0.3 is 0 Å². The highest BCUT2D eigenvalue weighted by molar-refractivity contribution is 7.80. The molecule has 11 heavy (non-hydrogen) atoms. The van der Waals surface area contributed by atoms with Crippen molar-refractivity contribution >= 4 is 18.4 Å². The Kier molecular flexibility index (Phi) is 1.50. The molecule has 2 heteroatoms. The summed E-state index contributed by atoms with van der Waals surface area (Å²) in [7, 11) is 0. The van der Waals surface area contributed by atoms with Gasteiger partial charge in [-0.3, -0.25) is 4.79 Å². The first-order chi connectivity index (χ1) is 5.27. The van der Waals surface area contributed by atoms with E-state index in [9.17, 15) is 4.79 Å². The van der Waals surface area contributed by atoms with E-state index in [-0.39, 0.29) is 5.78 Å². The van der Waals surface area contributed by atoms with Crippen LogP contribution in [0.15, 0.2) is 23.1 Å². The maximum Gasteiger partial charge on any atom is 0.163 e. The molecule has 0 saturated carbocycles. The highest BCUT2D eigenvalue weighted by Crippen LogP contribution is 2.23. The standard InChI is InChI=1S/C9H8OS/c10-9-4-2-6-1-3-7(11)5-8(6)9/h1,3,5,11H,2,4H2. The molecule has 1 aromatic rings. The van der Waals surface area contributed by atoms with E-state index in [4.69, 9.17) is 0 Å². The lowest BCUT2D eigenvalue weighted by Gasteiger charge is -1.96. The van der Waals surface area contributed by atoms with Crippen LogP contribution >= 0.6 is 12.6 Å². The Bertz CT molecular complexity index is 317. The van der Waals surface area contributed by atoms with Gasteiger partial charge in [-0.2, -0.15) is 0 Å². The zero-order valence-corrected chi connectivity index (χ0v) is 6.90. The number of ketones is 1. The minimum Gasteiger partial charge on any atom is -0.294 e. The maximum absolute atomic E-state index is 11.2. The van der Waals surface area contributed by atoms with Gasteiger partial charge < -0.3 is 0 Å². The van der Waals surface area contributed by atoms with Crippen molar-refractivity contribution in [3.8, 4) is 0 Å². The molecule has 56 valence electrons. The van der Waals surface area contributed by atoms with Crippen molar-refractivity contribution < 1.29 is 4.79 Å². The van der Waals surface area contributed by atoms with Gasteiger partial charge in [0.05, 0.1) is 0 Å². The normalized spacial score (nSPS) is 15.2. The van der Waals surface area contributed by atoms with Gasteiger partial charge in [0.1, 0.15) is 0 Å². The summed E-state index contributed by atoms with van der Waals surface area (Å²) in [5, 5.41) is 0. The van der Waals surface area contributed by atoms with Crippen molar-refractivity contribution in [2.75, 3.05) is 0 Å². The van der Waals surface area contributed by atoms with E-state index in [1.54, 1.807) is 0 Å². The Hall–Kier alpha value is -0.760. The number of Topliss-reactive ketones (excluding diaryl/α,β-unsaturated/α-hetero) is 1. The summed E-state index contributed by atoms with van der Waals surface area (Å²) in [6, 6.07) is 5.77. The number of hydrogen-bond acceptors (Lipinski definition) is 2. The van der Waals surface area contributed by atoms with E-state index in [0.717, 1.165) is 16.9 Å². The summed E-state index contributed by atoms with van der Waals surface area (Å²) in [4.78, 5) is 12.1. The number of rotatable bonds is 0. The highest BCUT2D eigenvalue weighted by atomic mass is 32.1. The van der Waals surface area contributed by atoms with Crippen LogP contribution in [0.5, 0.6) is 0 Å². The number of hydrogen-bond donors (Lipinski definition) is 1. The van der Waals surface area contributed by atoms with E-state index >= 15 is 0 Å². The Morgan fingerprint density at radius 1 is 1.27 bits per heavy atom. The molecular weight excluding hydrogens is 156 g/mol. The van der Waals surface area contributed by atoms with Crippen molar-refractivity contribution in [3.05, 3.63) is 29.3 Å². The van der Waals surface area contributed by atoms with E-state index in [1.807, 2.05) is 18.2 Å². The van der Waals surface area contributed by atoms with Crippen molar-refractivity contribution in [3.63, 3.8) is 0 Å². The van der Waals surface area contributed by atoms with Crippen LogP contribution in [0.3, 0.4) is 0 Å². The number of benzene rings is 1. The number of carbonyl (C=O) groups is 1. The molecule has 0 fully saturated rings. The van der Waals surface area contributed by atoms with E-state index in [2.05, 4.69) is 12.6 Å². The predicted octanol–water partition coefficient (Wildman–Crippen LogP) is 2.10. The lowest BCUT2D eigenvalue weighted by molar-refractivity contribution is 0.0994. The number of carbonyl (C=O) groups excluding carboxylic acids is 1. The fraction of sp³-hybridized carbons (Fsp3) is 0.222. The predicted molar refractivity (Wildman–Crippen MR) is 46.3 cm³/mol. The second-order valence-electron chi connectivity index (χ2n) is 2.76. The van der Waals surface area contributed by atoms with E-state index < -0.39 is 0 Å². The summed E-state index contributed by atoms with van der Waals surface area (Å²) in [6.45, 7) is 0. The molecule has 0 bridgehead atoms. The first-order valence-corrected chi connectivity index (χ1v) is 4.07. The second kappa shape index (κ2) is 2.38. The van der Waals surface area contributed by atoms with Gasteiger partial charge in [0, 0.05) is 16.9 Å². The molecule has 0 spiro atoms. The van der Waals surface area contributed by atoms with Crippen LogP contribution in [-0.4, -0.2) is 5.78 Å². The van der Waals surface area contributed by atoms with Crippen LogP contribution < -0.4 is 0 Å². The van der Waals surface area contributed by atoms with Crippen molar-refractivity contribution in [2.24, 2.45) is 0 Å². The fourth-order valence-electron chi connectivity index (χ4n) is 1.42. The van der Waals surface area contributed by atoms with E-state index in [1.165, 1.54) is 5.56 Å². The molecule has 0 aliphatic heterocycles. The van der Waals surface area contributed by atoms with Crippen LogP contribution in [0, 0.1) is 0 Å². The zero-order valence-electron chi connectivity index (χ0n) is 6.00. The van der Waals surface area contributed by atoms with Crippen LogP contribution in [0.4, 0.5) is 0 Å². The van der Waals surface area contributed by atoms with Crippen LogP contribution in [-0.2, 0) is 6.42 Å². The molecule has 0 saturated heterocycles. The number of thiol groups is 1. The van der Waals surface area contributed by atoms with Gasteiger partial charge in [-0.25, -0.2) is 0 Å². The highest BCUT2D eigenvalue weighted by Gasteiger charge is 2.18. The lowest BCUT2D eigenvalue weighted by atomic mass is 10.1. The molecule has 2 rings (SSSR count). The quantitative estimate of drug-likeness (QED) is 0.581. The minimum atomic E-state index is 0.260. The van der Waals surface area contributed by atoms with Crippen molar-refractivity contribution in [1.29, 1.82) is 0 Å². The first kappa shape index (κ1) is 6.92.